The van der Waals surface area contributed by atoms with E-state index in [-0.39, 0.29) is 11.8 Å². The molecular formula is C14H15BrF2N2OS. The van der Waals surface area contributed by atoms with Crippen molar-refractivity contribution in [3.8, 4) is 5.75 Å². The summed E-state index contributed by atoms with van der Waals surface area (Å²) in [4.78, 5) is 4.41. The zero-order chi connectivity index (χ0) is 15.4. The fourth-order valence-corrected chi connectivity index (χ4v) is 3.06. The van der Waals surface area contributed by atoms with Crippen molar-refractivity contribution in [3.05, 3.63) is 44.3 Å². The molecule has 1 aromatic carbocycles. The van der Waals surface area contributed by atoms with Crippen molar-refractivity contribution < 1.29 is 13.5 Å². The van der Waals surface area contributed by atoms with Crippen molar-refractivity contribution >= 4 is 27.3 Å². The number of thiazole rings is 1. The Morgan fingerprint density at radius 3 is 2.81 bits per heavy atom. The summed E-state index contributed by atoms with van der Waals surface area (Å²) >= 11 is 4.91. The number of benzene rings is 1. The van der Waals surface area contributed by atoms with E-state index < -0.39 is 6.61 Å². The van der Waals surface area contributed by atoms with E-state index in [9.17, 15) is 8.78 Å². The minimum Gasteiger partial charge on any atom is -0.434 e. The summed E-state index contributed by atoms with van der Waals surface area (Å²) in [5.41, 5.74) is 1.65. The summed E-state index contributed by atoms with van der Waals surface area (Å²) in [6, 6.07) is 5.02. The van der Waals surface area contributed by atoms with Crippen LogP contribution in [0.1, 0.15) is 29.2 Å². The van der Waals surface area contributed by atoms with Crippen molar-refractivity contribution in [2.24, 2.45) is 0 Å². The van der Waals surface area contributed by atoms with E-state index in [1.807, 2.05) is 19.2 Å². The molecule has 0 radical (unpaired) electrons. The van der Waals surface area contributed by atoms with Crippen LogP contribution in [0.5, 0.6) is 5.75 Å². The van der Waals surface area contributed by atoms with Crippen LogP contribution in [0.4, 0.5) is 8.78 Å². The third-order valence-corrected chi connectivity index (χ3v) is 4.48. The smallest absolute Gasteiger partial charge is 0.387 e. The van der Waals surface area contributed by atoms with Gasteiger partial charge in [-0.2, -0.15) is 8.78 Å². The van der Waals surface area contributed by atoms with Gasteiger partial charge in [-0.15, -0.1) is 11.3 Å². The third-order valence-electron chi connectivity index (χ3n) is 2.84. The molecule has 0 aliphatic heterocycles. The molecule has 0 bridgehead atoms. The highest BCUT2D eigenvalue weighted by atomic mass is 79.9. The highest BCUT2D eigenvalue weighted by molar-refractivity contribution is 9.10. The molecule has 1 N–H and O–H groups in total. The molecule has 0 aliphatic rings. The van der Waals surface area contributed by atoms with Gasteiger partial charge in [-0.05, 0) is 32.0 Å². The van der Waals surface area contributed by atoms with Gasteiger partial charge in [-0.25, -0.2) is 4.98 Å². The van der Waals surface area contributed by atoms with Crippen LogP contribution < -0.4 is 10.1 Å². The zero-order valence-electron chi connectivity index (χ0n) is 11.6. The van der Waals surface area contributed by atoms with E-state index in [4.69, 9.17) is 0 Å². The Morgan fingerprint density at radius 1 is 1.43 bits per heavy atom. The number of ether oxygens (including phenoxy) is 1. The largest absolute Gasteiger partial charge is 0.434 e. The number of halogens is 3. The van der Waals surface area contributed by atoms with Crippen LogP contribution in [0, 0.1) is 6.92 Å². The Hall–Kier alpha value is -1.05. The van der Waals surface area contributed by atoms with Crippen molar-refractivity contribution in [1.29, 1.82) is 0 Å². The molecule has 1 unspecified atom stereocenters. The predicted molar refractivity (Wildman–Crippen MR) is 82.9 cm³/mol. The molecule has 1 aromatic heterocycles. The van der Waals surface area contributed by atoms with Gasteiger partial charge in [0.1, 0.15) is 10.8 Å². The fourth-order valence-electron chi connectivity index (χ4n) is 1.82. The van der Waals surface area contributed by atoms with Crippen molar-refractivity contribution in [1.82, 2.24) is 10.3 Å². The first-order valence-corrected chi connectivity index (χ1v) is 8.01. The van der Waals surface area contributed by atoms with E-state index in [0.717, 1.165) is 15.2 Å². The average molecular weight is 377 g/mol. The van der Waals surface area contributed by atoms with Crippen LogP contribution in [0.3, 0.4) is 0 Å². The van der Waals surface area contributed by atoms with Gasteiger partial charge in [0.2, 0.25) is 0 Å². The molecule has 0 amide bonds. The maximum atomic E-state index is 12.4. The fraction of sp³-hybridized carbons (Fsp3) is 0.357. The quantitative estimate of drug-likeness (QED) is 0.795. The first kappa shape index (κ1) is 16.3. The number of aromatic nitrogens is 1. The monoisotopic (exact) mass is 376 g/mol. The molecule has 0 aliphatic carbocycles. The molecule has 21 heavy (non-hydrogen) atoms. The number of nitrogens with zero attached hydrogens (tertiary/aromatic N) is 1. The molecule has 7 heteroatoms. The second-order valence-electron chi connectivity index (χ2n) is 4.56. The maximum Gasteiger partial charge on any atom is 0.387 e. The lowest BCUT2D eigenvalue weighted by Crippen LogP contribution is -2.19. The normalized spacial score (nSPS) is 12.7. The van der Waals surface area contributed by atoms with E-state index in [0.29, 0.717) is 12.1 Å². The van der Waals surface area contributed by atoms with Gasteiger partial charge in [0.15, 0.2) is 0 Å². The number of nitrogens with one attached hydrogen (secondary N) is 1. The summed E-state index contributed by atoms with van der Waals surface area (Å²) in [7, 11) is 0. The average Bonchev–Trinajstić information content (AvgIpc) is 2.85. The van der Waals surface area contributed by atoms with Gasteiger partial charge >= 0.3 is 6.61 Å². The Bertz CT molecular complexity index is 606. The number of hydrogen-bond acceptors (Lipinski definition) is 4. The maximum absolute atomic E-state index is 12.4. The summed E-state index contributed by atoms with van der Waals surface area (Å²) in [5.74, 6) is 0.184. The summed E-state index contributed by atoms with van der Waals surface area (Å²) in [6.07, 6.45) is 0. The number of alkyl halides is 2. The van der Waals surface area contributed by atoms with Gasteiger partial charge < -0.3 is 10.1 Å². The SMILES string of the molecule is Cc1csc(C(C)NCc2cc(Br)ccc2OC(F)F)n1. The Labute approximate surface area is 134 Å². The zero-order valence-corrected chi connectivity index (χ0v) is 14.0. The van der Waals surface area contributed by atoms with Crippen LogP contribution in [-0.4, -0.2) is 11.6 Å². The van der Waals surface area contributed by atoms with Crippen molar-refractivity contribution in [3.63, 3.8) is 0 Å². The van der Waals surface area contributed by atoms with Gasteiger partial charge in [0, 0.05) is 27.7 Å². The van der Waals surface area contributed by atoms with Gasteiger partial charge in [-0.3, -0.25) is 0 Å². The van der Waals surface area contributed by atoms with Crippen LogP contribution in [0.25, 0.3) is 0 Å². The molecule has 1 heterocycles. The van der Waals surface area contributed by atoms with Crippen LogP contribution in [-0.2, 0) is 6.54 Å². The van der Waals surface area contributed by atoms with Gasteiger partial charge in [-0.1, -0.05) is 15.9 Å². The lowest BCUT2D eigenvalue weighted by atomic mass is 10.2. The molecule has 114 valence electrons. The molecule has 0 saturated heterocycles. The van der Waals surface area contributed by atoms with Crippen molar-refractivity contribution in [2.75, 3.05) is 0 Å². The lowest BCUT2D eigenvalue weighted by Gasteiger charge is -2.15. The van der Waals surface area contributed by atoms with Crippen LogP contribution in [0.2, 0.25) is 0 Å². The van der Waals surface area contributed by atoms with Gasteiger partial charge in [0.25, 0.3) is 0 Å². The standard InChI is InChI=1S/C14H15BrF2N2OS/c1-8-7-21-13(19-8)9(2)18-6-10-5-11(15)3-4-12(10)20-14(16)17/h3-5,7,9,14,18H,6H2,1-2H3. The molecule has 0 saturated carbocycles. The molecular weight excluding hydrogens is 362 g/mol. The van der Waals surface area contributed by atoms with E-state index in [2.05, 4.69) is 31.0 Å². The minimum absolute atomic E-state index is 0.0436. The molecule has 2 aromatic rings. The van der Waals surface area contributed by atoms with Gasteiger partial charge in [0.05, 0.1) is 6.04 Å². The Morgan fingerprint density at radius 2 is 2.19 bits per heavy atom. The highest BCUT2D eigenvalue weighted by Crippen LogP contribution is 2.26. The Balaban J connectivity index is 2.06. The van der Waals surface area contributed by atoms with Crippen LogP contribution in [0.15, 0.2) is 28.1 Å². The molecule has 1 atom stereocenters. The third kappa shape index (κ3) is 4.72. The second-order valence-corrected chi connectivity index (χ2v) is 6.37. The summed E-state index contributed by atoms with van der Waals surface area (Å²) in [5, 5.41) is 6.23. The first-order valence-electron chi connectivity index (χ1n) is 6.34. The second kappa shape index (κ2) is 7.29. The highest BCUT2D eigenvalue weighted by Gasteiger charge is 2.13. The predicted octanol–water partition coefficient (Wildman–Crippen LogP) is 4.67. The minimum atomic E-state index is -2.83. The number of aryl methyl sites for hydroxylation is 1. The molecule has 2 rings (SSSR count). The summed E-state index contributed by atoms with van der Waals surface area (Å²) < 4.78 is 30.2. The summed E-state index contributed by atoms with van der Waals surface area (Å²) in [6.45, 7) is 1.52. The number of rotatable bonds is 6. The van der Waals surface area contributed by atoms with E-state index >= 15 is 0 Å². The topological polar surface area (TPSA) is 34.1 Å². The Kier molecular flexibility index (Phi) is 5.66. The molecule has 0 spiro atoms. The first-order chi connectivity index (χ1) is 9.95. The van der Waals surface area contributed by atoms with E-state index in [1.165, 1.54) is 6.07 Å². The molecule has 3 nitrogen and oxygen atoms in total. The molecule has 0 fully saturated rings. The van der Waals surface area contributed by atoms with E-state index in [1.54, 1.807) is 23.5 Å². The lowest BCUT2D eigenvalue weighted by molar-refractivity contribution is -0.0505. The van der Waals surface area contributed by atoms with Crippen molar-refractivity contribution in [2.45, 2.75) is 33.0 Å². The number of hydrogen-bond donors (Lipinski definition) is 1. The van der Waals surface area contributed by atoms with Crippen LogP contribution >= 0.6 is 27.3 Å².